The average molecular weight is 473 g/mol. The molecule has 3 aromatic carbocycles. The molecule has 1 fully saturated rings. The van der Waals surface area contributed by atoms with E-state index in [-0.39, 0.29) is 25.2 Å². The van der Waals surface area contributed by atoms with Crippen LogP contribution in [0.5, 0.6) is 11.5 Å². The van der Waals surface area contributed by atoms with Crippen molar-refractivity contribution in [2.75, 3.05) is 18.7 Å². The molecule has 3 aromatic rings. The fraction of sp³-hybridized carbons (Fsp3) is 0.286. The quantitative estimate of drug-likeness (QED) is 0.480. The summed E-state index contributed by atoms with van der Waals surface area (Å²) in [6.07, 6.45) is 0.976. The number of aliphatic hydroxyl groups is 1. The third-order valence-electron chi connectivity index (χ3n) is 6.62. The zero-order chi connectivity index (χ0) is 24.6. The maximum atomic E-state index is 13.3. The van der Waals surface area contributed by atoms with Crippen LogP contribution in [0.2, 0.25) is 0 Å². The van der Waals surface area contributed by atoms with Crippen LogP contribution in [0.25, 0.3) is 11.1 Å². The van der Waals surface area contributed by atoms with Gasteiger partial charge in [0.15, 0.2) is 11.5 Å². The maximum Gasteiger partial charge on any atom is 0.251 e. The van der Waals surface area contributed by atoms with Crippen molar-refractivity contribution in [1.29, 1.82) is 0 Å². The van der Waals surface area contributed by atoms with Crippen molar-refractivity contribution in [2.45, 2.75) is 38.2 Å². The Morgan fingerprint density at radius 1 is 1.00 bits per heavy atom. The van der Waals surface area contributed by atoms with Crippen LogP contribution in [0, 0.1) is 6.92 Å². The molecule has 1 heterocycles. The zero-order valence-corrected chi connectivity index (χ0v) is 19.8. The van der Waals surface area contributed by atoms with Gasteiger partial charge in [0, 0.05) is 17.8 Å². The first-order chi connectivity index (χ1) is 16.9. The Labute approximate surface area is 204 Å². The van der Waals surface area contributed by atoms with Crippen LogP contribution < -0.4 is 20.1 Å². The number of hydrogen-bond acceptors (Lipinski definition) is 5. The predicted octanol–water partition coefficient (Wildman–Crippen LogP) is 4.17. The Morgan fingerprint density at radius 3 is 2.46 bits per heavy atom. The van der Waals surface area contributed by atoms with E-state index in [0.29, 0.717) is 17.1 Å². The predicted molar refractivity (Wildman–Crippen MR) is 133 cm³/mol. The zero-order valence-electron chi connectivity index (χ0n) is 19.8. The van der Waals surface area contributed by atoms with Gasteiger partial charge in [0.05, 0.1) is 11.5 Å². The molecule has 0 unspecified atom stereocenters. The molecule has 1 atom stereocenters. The highest BCUT2D eigenvalue weighted by molar-refractivity contribution is 6.02. The van der Waals surface area contributed by atoms with Gasteiger partial charge in [0.2, 0.25) is 12.7 Å². The van der Waals surface area contributed by atoms with Crippen molar-refractivity contribution in [3.05, 3.63) is 77.4 Å². The second-order valence-electron chi connectivity index (χ2n) is 9.27. The summed E-state index contributed by atoms with van der Waals surface area (Å²) in [5.41, 5.74) is 4.63. The van der Waals surface area contributed by atoms with Gasteiger partial charge in [0.1, 0.15) is 0 Å². The molecule has 7 heteroatoms. The van der Waals surface area contributed by atoms with E-state index in [2.05, 4.69) is 10.6 Å². The van der Waals surface area contributed by atoms with Gasteiger partial charge in [-0.3, -0.25) is 9.59 Å². The number of benzene rings is 3. The third kappa shape index (κ3) is 4.59. The van der Waals surface area contributed by atoms with Gasteiger partial charge in [-0.1, -0.05) is 24.3 Å². The number of aliphatic hydroxyl groups excluding tert-OH is 1. The smallest absolute Gasteiger partial charge is 0.251 e. The van der Waals surface area contributed by atoms with Gasteiger partial charge in [-0.15, -0.1) is 0 Å². The third-order valence-corrected chi connectivity index (χ3v) is 6.62. The van der Waals surface area contributed by atoms with E-state index in [4.69, 9.17) is 9.47 Å². The minimum Gasteiger partial charge on any atom is -0.454 e. The molecular formula is C28H28N2O5. The summed E-state index contributed by atoms with van der Waals surface area (Å²) in [6, 6.07) is 18.9. The van der Waals surface area contributed by atoms with Crippen molar-refractivity contribution >= 4 is 17.5 Å². The van der Waals surface area contributed by atoms with Crippen molar-refractivity contribution in [1.82, 2.24) is 5.32 Å². The number of nitrogens with one attached hydrogen (secondary N) is 2. The summed E-state index contributed by atoms with van der Waals surface area (Å²) in [4.78, 5) is 25.5. The van der Waals surface area contributed by atoms with Gasteiger partial charge < -0.3 is 25.2 Å². The summed E-state index contributed by atoms with van der Waals surface area (Å²) in [5, 5.41) is 15.2. The molecule has 0 bridgehead atoms. The van der Waals surface area contributed by atoms with Crippen molar-refractivity contribution in [3.8, 4) is 22.6 Å². The standard InChI is InChI=1S/C28H28N2O5/c1-17-3-9-22(14-23(17)19-4-6-20(7-5-19)26(32)29-15-18(2)31)30-27(33)28(11-12-28)21-8-10-24-25(13-21)35-16-34-24/h3-10,13-14,18,31H,11-12,15-16H2,1-2H3,(H,29,32)(H,30,33)/t18-/m0/s1. The minimum absolute atomic E-state index is 0.0312. The van der Waals surface area contributed by atoms with Gasteiger partial charge in [-0.05, 0) is 85.3 Å². The molecule has 2 aliphatic rings. The minimum atomic E-state index is -0.598. The molecule has 35 heavy (non-hydrogen) atoms. The number of rotatable bonds is 7. The molecule has 0 saturated heterocycles. The van der Waals surface area contributed by atoms with Crippen molar-refractivity contribution in [3.63, 3.8) is 0 Å². The fourth-order valence-electron chi connectivity index (χ4n) is 4.37. The van der Waals surface area contributed by atoms with E-state index in [1.165, 1.54) is 0 Å². The van der Waals surface area contributed by atoms with Gasteiger partial charge >= 0.3 is 0 Å². The summed E-state index contributed by atoms with van der Waals surface area (Å²) < 4.78 is 10.9. The average Bonchev–Trinajstić information content (AvgIpc) is 3.54. The number of carbonyl (C=O) groups is 2. The Hall–Kier alpha value is -3.84. The molecular weight excluding hydrogens is 444 g/mol. The van der Waals surface area contributed by atoms with Crippen LogP contribution in [0.15, 0.2) is 60.7 Å². The van der Waals surface area contributed by atoms with Gasteiger partial charge in [-0.2, -0.15) is 0 Å². The SMILES string of the molecule is Cc1ccc(NC(=O)C2(c3ccc4c(c3)OCO4)CC2)cc1-c1ccc(C(=O)NC[C@H](C)O)cc1. The van der Waals surface area contributed by atoms with Crippen molar-refractivity contribution in [2.24, 2.45) is 0 Å². The first-order valence-electron chi connectivity index (χ1n) is 11.7. The Bertz CT molecular complexity index is 1280. The molecule has 180 valence electrons. The van der Waals surface area contributed by atoms with Crippen LogP contribution in [0.4, 0.5) is 5.69 Å². The Morgan fingerprint density at radius 2 is 1.74 bits per heavy atom. The largest absolute Gasteiger partial charge is 0.454 e. The van der Waals surface area contributed by atoms with E-state index in [1.807, 2.05) is 55.5 Å². The Balaban J connectivity index is 1.32. The van der Waals surface area contributed by atoms with Crippen LogP contribution in [-0.4, -0.2) is 36.4 Å². The lowest BCUT2D eigenvalue weighted by Gasteiger charge is -2.17. The summed E-state index contributed by atoms with van der Waals surface area (Å²) in [6.45, 7) is 4.05. The maximum absolute atomic E-state index is 13.3. The highest BCUT2D eigenvalue weighted by Crippen LogP contribution is 2.51. The normalized spacial score (nSPS) is 15.9. The molecule has 1 aliphatic heterocycles. The van der Waals surface area contributed by atoms with E-state index in [1.54, 1.807) is 19.1 Å². The van der Waals surface area contributed by atoms with Crippen molar-refractivity contribution < 1.29 is 24.2 Å². The van der Waals surface area contributed by atoms with E-state index in [9.17, 15) is 14.7 Å². The molecule has 7 nitrogen and oxygen atoms in total. The molecule has 1 aliphatic carbocycles. The second kappa shape index (κ2) is 9.07. The molecule has 0 spiro atoms. The van der Waals surface area contributed by atoms with Gasteiger partial charge in [-0.25, -0.2) is 0 Å². The molecule has 1 saturated carbocycles. The highest BCUT2D eigenvalue weighted by Gasteiger charge is 2.51. The number of carbonyl (C=O) groups excluding carboxylic acids is 2. The molecule has 2 amide bonds. The number of hydrogen-bond donors (Lipinski definition) is 3. The summed E-state index contributed by atoms with van der Waals surface area (Å²) in [5.74, 6) is 1.13. The van der Waals surface area contributed by atoms with Crippen LogP contribution in [-0.2, 0) is 10.2 Å². The first kappa shape index (κ1) is 22.9. The van der Waals surface area contributed by atoms with Gasteiger partial charge in [0.25, 0.3) is 5.91 Å². The summed E-state index contributed by atoms with van der Waals surface area (Å²) in [7, 11) is 0. The van der Waals surface area contributed by atoms with Crippen LogP contribution in [0.3, 0.4) is 0 Å². The fourth-order valence-corrected chi connectivity index (χ4v) is 4.37. The first-order valence-corrected chi connectivity index (χ1v) is 11.7. The summed E-state index contributed by atoms with van der Waals surface area (Å²) >= 11 is 0. The molecule has 0 radical (unpaired) electrons. The number of aryl methyl sites for hydroxylation is 1. The second-order valence-corrected chi connectivity index (χ2v) is 9.27. The molecule has 5 rings (SSSR count). The van der Waals surface area contributed by atoms with Crippen LogP contribution in [0.1, 0.15) is 41.3 Å². The van der Waals surface area contributed by atoms with E-state index in [0.717, 1.165) is 40.8 Å². The number of anilines is 1. The number of fused-ring (bicyclic) bond motifs is 1. The Kier molecular flexibility index (Phi) is 5.94. The molecule has 0 aromatic heterocycles. The monoisotopic (exact) mass is 472 g/mol. The number of ether oxygens (including phenoxy) is 2. The number of amides is 2. The highest BCUT2D eigenvalue weighted by atomic mass is 16.7. The topological polar surface area (TPSA) is 96.9 Å². The van der Waals surface area contributed by atoms with E-state index >= 15 is 0 Å². The lowest BCUT2D eigenvalue weighted by Crippen LogP contribution is -2.30. The lowest BCUT2D eigenvalue weighted by atomic mass is 9.94. The van der Waals surface area contributed by atoms with E-state index < -0.39 is 11.5 Å². The lowest BCUT2D eigenvalue weighted by molar-refractivity contribution is -0.118. The van der Waals surface area contributed by atoms with Crippen LogP contribution >= 0.6 is 0 Å². The molecule has 3 N–H and O–H groups in total.